The Balaban J connectivity index is 2.52. The Morgan fingerprint density at radius 1 is 1.11 bits per heavy atom. The van der Waals surface area contributed by atoms with Crippen molar-refractivity contribution in [1.82, 2.24) is 0 Å². The molecule has 0 saturated carbocycles. The van der Waals surface area contributed by atoms with Gasteiger partial charge in [0.1, 0.15) is 0 Å². The van der Waals surface area contributed by atoms with Crippen molar-refractivity contribution in [2.24, 2.45) is 0 Å². The van der Waals surface area contributed by atoms with Gasteiger partial charge in [0, 0.05) is 10.0 Å². The molecule has 0 aliphatic rings. The number of rotatable bonds is 3. The van der Waals surface area contributed by atoms with E-state index in [4.69, 9.17) is 0 Å². The van der Waals surface area contributed by atoms with Crippen LogP contribution < -0.4 is 0 Å². The summed E-state index contributed by atoms with van der Waals surface area (Å²) in [6.45, 7) is 1.95. The van der Waals surface area contributed by atoms with Gasteiger partial charge in [-0.05, 0) is 29.7 Å². The van der Waals surface area contributed by atoms with E-state index in [-0.39, 0.29) is 4.83 Å². The van der Waals surface area contributed by atoms with Crippen molar-refractivity contribution in [1.29, 1.82) is 0 Å². The molecule has 2 rings (SSSR count). The van der Waals surface area contributed by atoms with Gasteiger partial charge in [0.05, 0.1) is 4.83 Å². The van der Waals surface area contributed by atoms with Crippen LogP contribution in [0, 0.1) is 6.92 Å². The van der Waals surface area contributed by atoms with Gasteiger partial charge >= 0.3 is 0 Å². The molecule has 0 aliphatic heterocycles. The first-order valence-corrected chi connectivity index (χ1v) is 7.29. The normalized spacial score (nSPS) is 12.2. The number of carbonyl (C=O) groups is 1. The van der Waals surface area contributed by atoms with E-state index >= 15 is 0 Å². The van der Waals surface area contributed by atoms with Crippen LogP contribution in [0.25, 0.3) is 0 Å². The minimum absolute atomic E-state index is 0.0331. The lowest BCUT2D eigenvalue weighted by molar-refractivity contribution is 0.112. The van der Waals surface area contributed by atoms with Crippen LogP contribution in [0.3, 0.4) is 0 Å². The van der Waals surface area contributed by atoms with Crippen molar-refractivity contribution in [3.05, 3.63) is 69.2 Å². The molecule has 92 valence electrons. The van der Waals surface area contributed by atoms with Gasteiger partial charge in [-0.15, -0.1) is 0 Å². The first-order valence-electron chi connectivity index (χ1n) is 5.58. The predicted molar refractivity (Wildman–Crippen MR) is 81.5 cm³/mol. The number of benzene rings is 2. The summed E-state index contributed by atoms with van der Waals surface area (Å²) in [6.07, 6.45) is 0.923. The smallest absolute Gasteiger partial charge is 0.150 e. The van der Waals surface area contributed by atoms with Gasteiger partial charge in [0.15, 0.2) is 6.29 Å². The third-order valence-electron chi connectivity index (χ3n) is 2.97. The molecule has 0 fully saturated rings. The van der Waals surface area contributed by atoms with Gasteiger partial charge in [-0.2, -0.15) is 0 Å². The third-order valence-corrected chi connectivity index (χ3v) is 4.85. The van der Waals surface area contributed by atoms with Crippen molar-refractivity contribution in [3.63, 3.8) is 0 Å². The molecule has 2 aromatic rings. The molecule has 1 nitrogen and oxygen atoms in total. The largest absolute Gasteiger partial charge is 0.298 e. The quantitative estimate of drug-likeness (QED) is 0.547. The molecular weight excluding hydrogens is 356 g/mol. The maximum absolute atomic E-state index is 11.3. The monoisotopic (exact) mass is 366 g/mol. The van der Waals surface area contributed by atoms with E-state index in [2.05, 4.69) is 31.9 Å². The Labute approximate surface area is 123 Å². The minimum atomic E-state index is 0.0331. The summed E-state index contributed by atoms with van der Waals surface area (Å²) in [4.78, 5) is 11.3. The number of hydrogen-bond acceptors (Lipinski definition) is 1. The molecule has 1 unspecified atom stereocenters. The molecule has 0 aromatic heterocycles. The maximum Gasteiger partial charge on any atom is 0.150 e. The number of halogens is 2. The van der Waals surface area contributed by atoms with Crippen molar-refractivity contribution in [2.45, 2.75) is 11.8 Å². The number of carbonyl (C=O) groups excluding carboxylic acids is 1. The topological polar surface area (TPSA) is 17.1 Å². The van der Waals surface area contributed by atoms with Crippen LogP contribution in [0.1, 0.15) is 31.9 Å². The highest BCUT2D eigenvalue weighted by Gasteiger charge is 2.16. The first-order chi connectivity index (χ1) is 8.65. The standard InChI is InChI=1S/C15H12Br2O/c1-10-13(9-18)12(7-8-14(10)16)15(17)11-5-3-2-4-6-11/h2-9,15H,1H3. The summed E-state index contributed by atoms with van der Waals surface area (Å²) in [6, 6.07) is 14.0. The Kier molecular flexibility index (Phi) is 4.36. The Bertz CT molecular complexity index is 564. The van der Waals surface area contributed by atoms with Crippen LogP contribution in [-0.4, -0.2) is 6.29 Å². The van der Waals surface area contributed by atoms with E-state index in [0.29, 0.717) is 0 Å². The molecule has 18 heavy (non-hydrogen) atoms. The Hall–Kier alpha value is -0.930. The van der Waals surface area contributed by atoms with Crippen LogP contribution in [0.4, 0.5) is 0 Å². The lowest BCUT2D eigenvalue weighted by Gasteiger charge is -2.15. The van der Waals surface area contributed by atoms with Crippen molar-refractivity contribution < 1.29 is 4.79 Å². The third kappa shape index (κ3) is 2.57. The lowest BCUT2D eigenvalue weighted by Crippen LogP contribution is -2.00. The van der Waals surface area contributed by atoms with Gasteiger partial charge in [-0.3, -0.25) is 4.79 Å². The molecule has 0 aliphatic carbocycles. The lowest BCUT2D eigenvalue weighted by atomic mass is 9.97. The minimum Gasteiger partial charge on any atom is -0.298 e. The summed E-state index contributed by atoms with van der Waals surface area (Å²) in [5.74, 6) is 0. The van der Waals surface area contributed by atoms with E-state index < -0.39 is 0 Å². The van der Waals surface area contributed by atoms with Gasteiger partial charge in [0.25, 0.3) is 0 Å². The van der Waals surface area contributed by atoms with Crippen LogP contribution in [-0.2, 0) is 0 Å². The highest BCUT2D eigenvalue weighted by Crippen LogP contribution is 2.35. The summed E-state index contributed by atoms with van der Waals surface area (Å²) in [5, 5.41) is 0. The van der Waals surface area contributed by atoms with Gasteiger partial charge in [-0.25, -0.2) is 0 Å². The second-order valence-electron chi connectivity index (χ2n) is 4.07. The Morgan fingerprint density at radius 2 is 1.78 bits per heavy atom. The zero-order valence-electron chi connectivity index (χ0n) is 9.86. The number of aldehydes is 1. The molecule has 0 amide bonds. The van der Waals surface area contributed by atoms with E-state index in [0.717, 1.165) is 33.0 Å². The fourth-order valence-corrected chi connectivity index (χ4v) is 2.95. The Morgan fingerprint density at radius 3 is 2.39 bits per heavy atom. The second kappa shape index (κ2) is 5.81. The molecule has 0 heterocycles. The molecule has 3 heteroatoms. The summed E-state index contributed by atoms with van der Waals surface area (Å²) < 4.78 is 0.959. The molecule has 2 aromatic carbocycles. The zero-order valence-corrected chi connectivity index (χ0v) is 13.0. The van der Waals surface area contributed by atoms with Crippen LogP contribution in [0.15, 0.2) is 46.9 Å². The van der Waals surface area contributed by atoms with E-state index in [9.17, 15) is 4.79 Å². The van der Waals surface area contributed by atoms with E-state index in [1.54, 1.807) is 0 Å². The van der Waals surface area contributed by atoms with E-state index in [1.807, 2.05) is 49.4 Å². The van der Waals surface area contributed by atoms with E-state index in [1.165, 1.54) is 0 Å². The fraction of sp³-hybridized carbons (Fsp3) is 0.133. The molecule has 0 radical (unpaired) electrons. The highest BCUT2D eigenvalue weighted by molar-refractivity contribution is 9.10. The average molecular weight is 368 g/mol. The van der Waals surface area contributed by atoms with Crippen LogP contribution in [0.2, 0.25) is 0 Å². The van der Waals surface area contributed by atoms with Crippen molar-refractivity contribution in [3.8, 4) is 0 Å². The predicted octanol–water partition coefficient (Wildman–Crippen LogP) is 5.05. The van der Waals surface area contributed by atoms with Gasteiger partial charge in [-0.1, -0.05) is 68.3 Å². The molecular formula is C15H12Br2O. The number of alkyl halides is 1. The SMILES string of the molecule is Cc1c(Br)ccc(C(Br)c2ccccc2)c1C=O. The summed E-state index contributed by atoms with van der Waals surface area (Å²) in [7, 11) is 0. The zero-order chi connectivity index (χ0) is 13.1. The van der Waals surface area contributed by atoms with Crippen molar-refractivity contribution in [2.75, 3.05) is 0 Å². The first kappa shape index (κ1) is 13.5. The molecule has 0 saturated heterocycles. The van der Waals surface area contributed by atoms with Gasteiger partial charge in [0.2, 0.25) is 0 Å². The number of hydrogen-bond donors (Lipinski definition) is 0. The molecule has 1 atom stereocenters. The summed E-state index contributed by atoms with van der Waals surface area (Å²) in [5.41, 5.74) is 3.86. The summed E-state index contributed by atoms with van der Waals surface area (Å²) >= 11 is 7.12. The average Bonchev–Trinajstić information content (AvgIpc) is 2.42. The second-order valence-corrected chi connectivity index (χ2v) is 5.84. The van der Waals surface area contributed by atoms with Gasteiger partial charge < -0.3 is 0 Å². The molecule has 0 bridgehead atoms. The van der Waals surface area contributed by atoms with Crippen LogP contribution in [0.5, 0.6) is 0 Å². The molecule has 0 N–H and O–H groups in total. The fourth-order valence-electron chi connectivity index (χ4n) is 1.90. The van der Waals surface area contributed by atoms with Crippen molar-refractivity contribution >= 4 is 38.1 Å². The maximum atomic E-state index is 11.3. The molecule has 0 spiro atoms. The van der Waals surface area contributed by atoms with Crippen LogP contribution >= 0.6 is 31.9 Å². The highest BCUT2D eigenvalue weighted by atomic mass is 79.9.